The Balaban J connectivity index is 1.47. The summed E-state index contributed by atoms with van der Waals surface area (Å²) in [6, 6.07) is -0.944. The molecule has 202 valence electrons. The summed E-state index contributed by atoms with van der Waals surface area (Å²) in [5.41, 5.74) is 2.27. The zero-order valence-corrected chi connectivity index (χ0v) is 22.4. The van der Waals surface area contributed by atoms with Crippen molar-refractivity contribution in [1.29, 1.82) is 0 Å². The molecule has 0 aromatic carbocycles. The van der Waals surface area contributed by atoms with Gasteiger partial charge in [-0.2, -0.15) is 0 Å². The summed E-state index contributed by atoms with van der Waals surface area (Å²) in [6.07, 6.45) is -0.412. The summed E-state index contributed by atoms with van der Waals surface area (Å²) in [5, 5.41) is 33.6. The van der Waals surface area contributed by atoms with E-state index in [0.717, 1.165) is 31.3 Å². The Kier molecular flexibility index (Phi) is 6.28. The van der Waals surface area contributed by atoms with Crippen LogP contribution in [0.3, 0.4) is 0 Å². The molecule has 8 nitrogen and oxygen atoms in total. The molecule has 8 heteroatoms. The third kappa shape index (κ3) is 3.37. The Morgan fingerprint density at radius 3 is 2.50 bits per heavy atom. The highest BCUT2D eigenvalue weighted by atomic mass is 16.7. The molecule has 1 spiro atoms. The fraction of sp³-hybridized carbons (Fsp3) is 0.857. The molecule has 4 fully saturated rings. The van der Waals surface area contributed by atoms with Gasteiger partial charge < -0.3 is 30.1 Å². The molecule has 0 radical (unpaired) electrons. The molecule has 1 saturated heterocycles. The van der Waals surface area contributed by atoms with Crippen molar-refractivity contribution in [2.24, 2.45) is 34.0 Å². The van der Waals surface area contributed by atoms with E-state index in [9.17, 15) is 24.9 Å². The number of fused-ring (bicyclic) bond motifs is 3. The first-order chi connectivity index (χ1) is 16.8. The Bertz CT molecular complexity index is 977. The SMILES string of the molecule is CC(=O)N[C@H]1[C@@H](O[C@H]2C[C@@H](C)[C@]34CCC(C)=C5C(=O)C[C@@]5(C)[C@@H]3C[C@H]2C4(C)C)O[C@H](CO)[C@@H](O)[C@@H]1O. The summed E-state index contributed by atoms with van der Waals surface area (Å²) >= 11 is 0. The summed E-state index contributed by atoms with van der Waals surface area (Å²) in [4.78, 5) is 24.6. The van der Waals surface area contributed by atoms with Crippen LogP contribution in [-0.2, 0) is 19.1 Å². The maximum absolute atomic E-state index is 12.7. The molecule has 1 aliphatic heterocycles. The highest BCUT2D eigenvalue weighted by Crippen LogP contribution is 2.77. The first-order valence-corrected chi connectivity index (χ1v) is 13.6. The van der Waals surface area contributed by atoms with Crippen LogP contribution >= 0.6 is 0 Å². The number of aliphatic hydroxyl groups is 3. The lowest BCUT2D eigenvalue weighted by atomic mass is 9.45. The maximum Gasteiger partial charge on any atom is 0.217 e. The van der Waals surface area contributed by atoms with Crippen LogP contribution in [0.25, 0.3) is 0 Å². The highest BCUT2D eigenvalue weighted by Gasteiger charge is 2.72. The summed E-state index contributed by atoms with van der Waals surface area (Å²) in [7, 11) is 0. The van der Waals surface area contributed by atoms with Crippen LogP contribution in [0, 0.1) is 34.0 Å². The lowest BCUT2D eigenvalue weighted by Gasteiger charge is -2.60. The van der Waals surface area contributed by atoms with Gasteiger partial charge in [0.25, 0.3) is 0 Å². The minimum absolute atomic E-state index is 0.0515. The van der Waals surface area contributed by atoms with Crippen molar-refractivity contribution in [3.8, 4) is 0 Å². The topological polar surface area (TPSA) is 125 Å². The average Bonchev–Trinajstić information content (AvgIpc) is 2.88. The van der Waals surface area contributed by atoms with E-state index in [4.69, 9.17) is 9.47 Å². The Morgan fingerprint density at radius 1 is 1.19 bits per heavy atom. The van der Waals surface area contributed by atoms with Gasteiger partial charge in [-0.1, -0.05) is 33.3 Å². The molecule has 5 rings (SSSR count). The van der Waals surface area contributed by atoms with Crippen LogP contribution in [0.1, 0.15) is 73.6 Å². The summed E-state index contributed by atoms with van der Waals surface area (Å²) < 4.78 is 12.6. The number of ketones is 1. The second kappa shape index (κ2) is 8.60. The van der Waals surface area contributed by atoms with Gasteiger partial charge in [0.05, 0.1) is 12.7 Å². The standard InChI is InChI=1S/C28H43NO7/c1-13-7-8-28-14(2)9-18(16(26(28,4)5)10-20(28)27(6)11-17(32)21(13)27)35-25-22(29-15(3)31)24(34)23(33)19(12-30)36-25/h14,16,18-20,22-25,30,33-34H,7-12H2,1-6H3,(H,29,31)/t14-,16-,18+,19-,20+,22-,23-,24-,25+,27+,28-/m1/s1. The average molecular weight is 506 g/mol. The third-order valence-corrected chi connectivity index (χ3v) is 11.2. The van der Waals surface area contributed by atoms with E-state index >= 15 is 0 Å². The molecule has 0 aromatic rings. The lowest BCUT2D eigenvalue weighted by molar-refractivity contribution is -0.296. The van der Waals surface area contributed by atoms with Crippen LogP contribution < -0.4 is 5.32 Å². The van der Waals surface area contributed by atoms with Crippen molar-refractivity contribution < 1.29 is 34.4 Å². The van der Waals surface area contributed by atoms with E-state index in [-0.39, 0.29) is 34.2 Å². The van der Waals surface area contributed by atoms with Gasteiger partial charge in [0.2, 0.25) is 5.91 Å². The molecule has 2 bridgehead atoms. The van der Waals surface area contributed by atoms with Crippen molar-refractivity contribution in [2.45, 2.75) is 110 Å². The monoisotopic (exact) mass is 505 g/mol. The number of carbonyl (C=O) groups is 2. The molecule has 4 aliphatic carbocycles. The number of carbonyl (C=O) groups excluding carboxylic acids is 2. The van der Waals surface area contributed by atoms with Gasteiger partial charge in [0, 0.05) is 24.3 Å². The number of hydrogen-bond donors (Lipinski definition) is 4. The number of ether oxygens (including phenoxy) is 2. The Morgan fingerprint density at radius 2 is 1.89 bits per heavy atom. The number of hydrogen-bond acceptors (Lipinski definition) is 7. The van der Waals surface area contributed by atoms with Crippen molar-refractivity contribution >= 4 is 11.7 Å². The van der Waals surface area contributed by atoms with Crippen molar-refractivity contribution in [3.05, 3.63) is 11.1 Å². The van der Waals surface area contributed by atoms with Crippen molar-refractivity contribution in [2.75, 3.05) is 6.61 Å². The van der Waals surface area contributed by atoms with Gasteiger partial charge in [-0.05, 0) is 61.2 Å². The summed E-state index contributed by atoms with van der Waals surface area (Å²) in [5.74, 6) is 0.886. The fourth-order valence-electron chi connectivity index (χ4n) is 9.62. The first kappa shape index (κ1) is 26.3. The van der Waals surface area contributed by atoms with Gasteiger partial charge in [-0.15, -0.1) is 0 Å². The minimum atomic E-state index is -1.33. The molecular formula is C28H43NO7. The fourth-order valence-corrected chi connectivity index (χ4v) is 9.62. The zero-order valence-electron chi connectivity index (χ0n) is 22.4. The second-order valence-corrected chi connectivity index (χ2v) is 13.1. The number of amides is 1. The molecule has 3 saturated carbocycles. The van der Waals surface area contributed by atoms with Gasteiger partial charge in [0.1, 0.15) is 24.4 Å². The molecule has 36 heavy (non-hydrogen) atoms. The second-order valence-electron chi connectivity index (χ2n) is 13.1. The molecule has 5 aliphatic rings. The molecule has 4 N–H and O–H groups in total. The van der Waals surface area contributed by atoms with Crippen molar-refractivity contribution in [3.63, 3.8) is 0 Å². The largest absolute Gasteiger partial charge is 0.394 e. The number of Topliss-reactive ketones (excluding diaryl/α,β-unsaturated/α-hetero) is 1. The molecular weight excluding hydrogens is 462 g/mol. The zero-order chi connectivity index (χ0) is 26.4. The van der Waals surface area contributed by atoms with E-state index in [1.54, 1.807) is 0 Å². The van der Waals surface area contributed by atoms with E-state index in [1.807, 2.05) is 0 Å². The number of allylic oxidation sites excluding steroid dienone is 2. The number of rotatable bonds is 4. The number of aliphatic hydroxyl groups excluding tert-OH is 3. The molecule has 1 amide bonds. The Labute approximate surface area is 213 Å². The van der Waals surface area contributed by atoms with Gasteiger partial charge in [-0.25, -0.2) is 0 Å². The Hall–Kier alpha value is -1.32. The molecule has 1 heterocycles. The predicted octanol–water partition coefficient (Wildman–Crippen LogP) is 2.09. The molecule has 0 aromatic heterocycles. The van der Waals surface area contributed by atoms with Crippen LogP contribution in [-0.4, -0.2) is 70.4 Å². The van der Waals surface area contributed by atoms with Crippen molar-refractivity contribution in [1.82, 2.24) is 5.32 Å². The lowest BCUT2D eigenvalue weighted by Crippen LogP contribution is -2.65. The van der Waals surface area contributed by atoms with E-state index < -0.39 is 37.3 Å². The third-order valence-electron chi connectivity index (χ3n) is 11.2. The summed E-state index contributed by atoms with van der Waals surface area (Å²) in [6.45, 7) is 12.4. The normalized spacial score (nSPS) is 49.6. The molecule has 0 unspecified atom stereocenters. The van der Waals surface area contributed by atoms with Gasteiger partial charge >= 0.3 is 0 Å². The number of nitrogens with one attached hydrogen (secondary N) is 1. The first-order valence-electron chi connectivity index (χ1n) is 13.6. The van der Waals surface area contributed by atoms with Gasteiger partial charge in [-0.3, -0.25) is 9.59 Å². The van der Waals surface area contributed by atoms with Crippen LogP contribution in [0.5, 0.6) is 0 Å². The smallest absolute Gasteiger partial charge is 0.217 e. The van der Waals surface area contributed by atoms with E-state index in [2.05, 4.69) is 39.9 Å². The van der Waals surface area contributed by atoms with E-state index in [0.29, 0.717) is 24.0 Å². The van der Waals surface area contributed by atoms with Gasteiger partial charge in [0.15, 0.2) is 12.1 Å². The predicted molar refractivity (Wildman–Crippen MR) is 131 cm³/mol. The van der Waals surface area contributed by atoms with E-state index in [1.165, 1.54) is 12.5 Å². The van der Waals surface area contributed by atoms with Crippen LogP contribution in [0.15, 0.2) is 11.1 Å². The van der Waals surface area contributed by atoms with Crippen LogP contribution in [0.4, 0.5) is 0 Å². The highest BCUT2D eigenvalue weighted by molar-refractivity contribution is 6.05. The minimum Gasteiger partial charge on any atom is -0.394 e. The van der Waals surface area contributed by atoms with Crippen LogP contribution in [0.2, 0.25) is 0 Å². The quantitative estimate of drug-likeness (QED) is 0.461. The molecule has 11 atom stereocenters. The maximum atomic E-state index is 12.7.